The lowest BCUT2D eigenvalue weighted by Gasteiger charge is -2.19. The number of nitro groups is 1. The Kier molecular flexibility index (Phi) is 3.74. The van der Waals surface area contributed by atoms with E-state index in [-0.39, 0.29) is 24.4 Å². The lowest BCUT2D eigenvalue weighted by molar-refractivity contribution is -0.387. The molecular formula is C12H12FN3O5. The average molecular weight is 297 g/mol. The molecule has 2 amide bonds. The number of anilines is 1. The van der Waals surface area contributed by atoms with Gasteiger partial charge in [0.05, 0.1) is 23.6 Å². The highest BCUT2D eigenvalue weighted by atomic mass is 19.1. The molecule has 1 unspecified atom stereocenters. The van der Waals surface area contributed by atoms with Crippen LogP contribution >= 0.6 is 0 Å². The number of nitrogens with zero attached hydrogens (tertiary/aromatic N) is 2. The number of carbonyl (C=O) groups is 2. The van der Waals surface area contributed by atoms with Crippen LogP contribution in [-0.2, 0) is 9.59 Å². The van der Waals surface area contributed by atoms with Crippen LogP contribution < -0.4 is 15.4 Å². The third-order valence-corrected chi connectivity index (χ3v) is 3.26. The van der Waals surface area contributed by atoms with Gasteiger partial charge in [-0.1, -0.05) is 0 Å². The Morgan fingerprint density at radius 2 is 2.24 bits per heavy atom. The van der Waals surface area contributed by atoms with E-state index in [1.807, 2.05) is 0 Å². The molecule has 1 saturated heterocycles. The van der Waals surface area contributed by atoms with Crippen molar-refractivity contribution in [3.8, 4) is 5.75 Å². The number of carbonyl (C=O) groups excluding carboxylic acids is 2. The number of halogens is 1. The minimum absolute atomic E-state index is 0.0205. The molecule has 21 heavy (non-hydrogen) atoms. The van der Waals surface area contributed by atoms with Crippen LogP contribution in [0, 0.1) is 21.8 Å². The predicted molar refractivity (Wildman–Crippen MR) is 69.3 cm³/mol. The summed E-state index contributed by atoms with van der Waals surface area (Å²) in [7, 11) is 1.25. The van der Waals surface area contributed by atoms with Crippen molar-refractivity contribution < 1.29 is 23.6 Å². The molecule has 2 N–H and O–H groups in total. The van der Waals surface area contributed by atoms with E-state index in [2.05, 4.69) is 0 Å². The van der Waals surface area contributed by atoms with Gasteiger partial charge in [0.2, 0.25) is 17.6 Å². The van der Waals surface area contributed by atoms with Crippen LogP contribution in [0.15, 0.2) is 12.1 Å². The van der Waals surface area contributed by atoms with Crippen LogP contribution in [0.4, 0.5) is 15.8 Å². The Bertz CT molecular complexity index is 634. The van der Waals surface area contributed by atoms with Gasteiger partial charge in [-0.2, -0.15) is 4.39 Å². The van der Waals surface area contributed by atoms with Gasteiger partial charge in [-0.15, -0.1) is 0 Å². The van der Waals surface area contributed by atoms with Gasteiger partial charge in [-0.25, -0.2) is 0 Å². The summed E-state index contributed by atoms with van der Waals surface area (Å²) in [6.45, 7) is -0.0205. The Hall–Kier alpha value is -2.71. The normalized spacial score (nSPS) is 17.9. The van der Waals surface area contributed by atoms with Crippen LogP contribution in [0.1, 0.15) is 6.42 Å². The fourth-order valence-corrected chi connectivity index (χ4v) is 2.18. The first kappa shape index (κ1) is 14.7. The third kappa shape index (κ3) is 2.62. The first-order chi connectivity index (χ1) is 9.85. The molecule has 8 nitrogen and oxygen atoms in total. The second kappa shape index (κ2) is 5.35. The molecule has 1 heterocycles. The van der Waals surface area contributed by atoms with Gasteiger partial charge in [-0.3, -0.25) is 19.7 Å². The smallest absolute Gasteiger partial charge is 0.307 e. The summed E-state index contributed by atoms with van der Waals surface area (Å²) < 4.78 is 18.5. The molecule has 1 aliphatic heterocycles. The van der Waals surface area contributed by atoms with Crippen molar-refractivity contribution in [2.75, 3.05) is 18.6 Å². The SMILES string of the molecule is COc1cc(F)c([N+](=O)[O-])cc1N1CC(C(N)=O)CC1=O. The van der Waals surface area contributed by atoms with E-state index in [0.717, 1.165) is 17.0 Å². The van der Waals surface area contributed by atoms with Crippen molar-refractivity contribution in [1.29, 1.82) is 0 Å². The Labute approximate surface area is 118 Å². The molecule has 1 aromatic carbocycles. The van der Waals surface area contributed by atoms with E-state index in [4.69, 9.17) is 10.5 Å². The van der Waals surface area contributed by atoms with E-state index in [1.54, 1.807) is 0 Å². The first-order valence-corrected chi connectivity index (χ1v) is 5.96. The summed E-state index contributed by atoms with van der Waals surface area (Å²) in [6, 6.07) is 1.74. The van der Waals surface area contributed by atoms with Crippen molar-refractivity contribution in [1.82, 2.24) is 0 Å². The van der Waals surface area contributed by atoms with Crippen LogP contribution in [-0.4, -0.2) is 30.4 Å². The summed E-state index contributed by atoms with van der Waals surface area (Å²) in [5.41, 5.74) is 4.42. The Morgan fingerprint density at radius 1 is 1.57 bits per heavy atom. The first-order valence-electron chi connectivity index (χ1n) is 5.96. The van der Waals surface area contributed by atoms with Crippen LogP contribution in [0.3, 0.4) is 0 Å². The van der Waals surface area contributed by atoms with Crippen molar-refractivity contribution in [3.05, 3.63) is 28.1 Å². The van der Waals surface area contributed by atoms with Gasteiger partial charge in [-0.05, 0) is 0 Å². The maximum absolute atomic E-state index is 13.6. The number of hydrogen-bond acceptors (Lipinski definition) is 5. The topological polar surface area (TPSA) is 116 Å². The van der Waals surface area contributed by atoms with Gasteiger partial charge in [0.25, 0.3) is 0 Å². The fraction of sp³-hybridized carbons (Fsp3) is 0.333. The number of benzene rings is 1. The highest BCUT2D eigenvalue weighted by Crippen LogP contribution is 2.37. The number of amides is 2. The lowest BCUT2D eigenvalue weighted by atomic mass is 10.1. The molecule has 2 rings (SSSR count). The van der Waals surface area contributed by atoms with Gasteiger partial charge in [0, 0.05) is 25.1 Å². The lowest BCUT2D eigenvalue weighted by Crippen LogP contribution is -2.28. The number of ether oxygens (including phenoxy) is 1. The molecule has 0 aromatic heterocycles. The second-order valence-corrected chi connectivity index (χ2v) is 4.54. The molecular weight excluding hydrogens is 285 g/mol. The molecule has 0 saturated carbocycles. The molecule has 1 aliphatic rings. The zero-order chi connectivity index (χ0) is 15.7. The standard InChI is InChI=1S/C12H12FN3O5/c1-21-10-3-7(13)8(16(19)20)4-9(10)15-5-6(12(14)18)2-11(15)17/h3-4,6H,2,5H2,1H3,(H2,14,18). The average Bonchev–Trinajstić information content (AvgIpc) is 2.80. The summed E-state index contributed by atoms with van der Waals surface area (Å²) in [6.07, 6.45) is -0.0936. The monoisotopic (exact) mass is 297 g/mol. The maximum Gasteiger partial charge on any atom is 0.307 e. The Balaban J connectivity index is 2.47. The van der Waals surface area contributed by atoms with Gasteiger partial charge in [0.15, 0.2) is 0 Å². The van der Waals surface area contributed by atoms with E-state index in [9.17, 15) is 24.1 Å². The van der Waals surface area contributed by atoms with E-state index >= 15 is 0 Å². The van der Waals surface area contributed by atoms with Gasteiger partial charge >= 0.3 is 5.69 Å². The summed E-state index contributed by atoms with van der Waals surface area (Å²) in [5.74, 6) is -2.86. The van der Waals surface area contributed by atoms with Gasteiger partial charge < -0.3 is 15.4 Å². The molecule has 1 atom stereocenters. The minimum Gasteiger partial charge on any atom is -0.494 e. The number of nitrogens with two attached hydrogens (primary N) is 1. The van der Waals surface area contributed by atoms with Crippen molar-refractivity contribution >= 4 is 23.2 Å². The van der Waals surface area contributed by atoms with Crippen LogP contribution in [0.25, 0.3) is 0 Å². The minimum atomic E-state index is -1.07. The largest absolute Gasteiger partial charge is 0.494 e. The molecule has 0 spiro atoms. The zero-order valence-corrected chi connectivity index (χ0v) is 11.0. The molecule has 0 radical (unpaired) electrons. The summed E-state index contributed by atoms with van der Waals surface area (Å²) in [4.78, 5) is 34.1. The third-order valence-electron chi connectivity index (χ3n) is 3.26. The van der Waals surface area contributed by atoms with E-state index in [0.29, 0.717) is 0 Å². The van der Waals surface area contributed by atoms with E-state index in [1.165, 1.54) is 7.11 Å². The number of nitro benzene ring substituents is 1. The predicted octanol–water partition coefficient (Wildman–Crippen LogP) is 0.581. The molecule has 0 bridgehead atoms. The number of rotatable bonds is 4. The summed E-state index contributed by atoms with van der Waals surface area (Å²) in [5, 5.41) is 10.8. The van der Waals surface area contributed by atoms with Crippen LogP contribution in [0.2, 0.25) is 0 Å². The Morgan fingerprint density at radius 3 is 2.71 bits per heavy atom. The van der Waals surface area contributed by atoms with Crippen molar-refractivity contribution in [3.63, 3.8) is 0 Å². The highest BCUT2D eigenvalue weighted by Gasteiger charge is 2.36. The zero-order valence-electron chi connectivity index (χ0n) is 11.0. The molecule has 1 aromatic rings. The summed E-state index contributed by atoms with van der Waals surface area (Å²) >= 11 is 0. The molecule has 112 valence electrons. The van der Waals surface area contributed by atoms with E-state index < -0.39 is 34.2 Å². The van der Waals surface area contributed by atoms with Crippen molar-refractivity contribution in [2.24, 2.45) is 11.7 Å². The number of hydrogen-bond donors (Lipinski definition) is 1. The fourth-order valence-electron chi connectivity index (χ4n) is 2.18. The maximum atomic E-state index is 13.6. The second-order valence-electron chi connectivity index (χ2n) is 4.54. The van der Waals surface area contributed by atoms with Gasteiger partial charge in [0.1, 0.15) is 5.75 Å². The number of methoxy groups -OCH3 is 1. The molecule has 1 fully saturated rings. The molecule has 0 aliphatic carbocycles. The quantitative estimate of drug-likeness (QED) is 0.644. The highest BCUT2D eigenvalue weighted by molar-refractivity contribution is 6.01. The van der Waals surface area contributed by atoms with Crippen LogP contribution in [0.5, 0.6) is 5.75 Å². The molecule has 9 heteroatoms. The number of primary amides is 1. The van der Waals surface area contributed by atoms with Crippen molar-refractivity contribution in [2.45, 2.75) is 6.42 Å².